The van der Waals surface area contributed by atoms with E-state index in [9.17, 15) is 4.79 Å². The molecule has 5 heteroatoms. The Kier molecular flexibility index (Phi) is 3.75. The maximum absolute atomic E-state index is 10.9. The molecule has 0 saturated heterocycles. The zero-order chi connectivity index (χ0) is 14.2. The first kappa shape index (κ1) is 13.8. The van der Waals surface area contributed by atoms with E-state index < -0.39 is 5.97 Å². The highest BCUT2D eigenvalue weighted by Gasteiger charge is 2.16. The molecule has 0 radical (unpaired) electrons. The lowest BCUT2D eigenvalue weighted by Crippen LogP contribution is -2.02. The van der Waals surface area contributed by atoms with Gasteiger partial charge in [0.25, 0.3) is 0 Å². The fourth-order valence-corrected chi connectivity index (χ4v) is 2.51. The van der Waals surface area contributed by atoms with Crippen LogP contribution in [-0.4, -0.2) is 21.0 Å². The molecule has 0 spiro atoms. The van der Waals surface area contributed by atoms with Crippen molar-refractivity contribution in [2.24, 2.45) is 0 Å². The fourth-order valence-electron chi connectivity index (χ4n) is 2.09. The minimum Gasteiger partial charge on any atom is -0.481 e. The molecule has 0 unspecified atom stereocenters. The number of carboxylic acids is 1. The van der Waals surface area contributed by atoms with Crippen LogP contribution in [0.2, 0.25) is 0 Å². The van der Waals surface area contributed by atoms with Crippen molar-refractivity contribution in [1.29, 1.82) is 0 Å². The summed E-state index contributed by atoms with van der Waals surface area (Å²) in [5.74, 6) is -0.876. The van der Waals surface area contributed by atoms with Crippen LogP contribution in [0.15, 0.2) is 16.9 Å². The van der Waals surface area contributed by atoms with Crippen LogP contribution in [-0.2, 0) is 11.2 Å². The van der Waals surface area contributed by atoms with E-state index in [1.165, 1.54) is 11.1 Å². The molecule has 0 bridgehead atoms. The van der Waals surface area contributed by atoms with Crippen LogP contribution < -0.4 is 0 Å². The van der Waals surface area contributed by atoms with E-state index in [2.05, 4.69) is 45.0 Å². The fraction of sp³-hybridized carbons (Fsp3) is 0.286. The molecule has 0 saturated carbocycles. The van der Waals surface area contributed by atoms with Crippen molar-refractivity contribution in [3.8, 4) is 11.3 Å². The average molecular weight is 323 g/mol. The van der Waals surface area contributed by atoms with E-state index in [4.69, 9.17) is 5.11 Å². The lowest BCUT2D eigenvalue weighted by molar-refractivity contribution is -0.136. The van der Waals surface area contributed by atoms with Gasteiger partial charge in [-0.2, -0.15) is 0 Å². The van der Waals surface area contributed by atoms with E-state index in [-0.39, 0.29) is 6.42 Å². The molecule has 4 nitrogen and oxygen atoms in total. The molecule has 0 aliphatic rings. The minimum absolute atomic E-state index is 0.0691. The van der Waals surface area contributed by atoms with Gasteiger partial charge in [0.1, 0.15) is 0 Å². The summed E-state index contributed by atoms with van der Waals surface area (Å²) in [6.07, 6.45) is -0.0691. The predicted molar refractivity (Wildman–Crippen MR) is 77.3 cm³/mol. The van der Waals surface area contributed by atoms with E-state index in [0.29, 0.717) is 16.1 Å². The number of imidazole rings is 1. The van der Waals surface area contributed by atoms with Gasteiger partial charge in [-0.05, 0) is 59.5 Å². The molecule has 1 aromatic heterocycles. The number of aliphatic carboxylic acids is 1. The van der Waals surface area contributed by atoms with Gasteiger partial charge in [0, 0.05) is 5.56 Å². The Morgan fingerprint density at radius 3 is 2.53 bits per heavy atom. The van der Waals surface area contributed by atoms with Crippen LogP contribution in [0.25, 0.3) is 11.3 Å². The summed E-state index contributed by atoms with van der Waals surface area (Å²) < 4.78 is 0.552. The first-order valence-corrected chi connectivity index (χ1v) is 6.72. The van der Waals surface area contributed by atoms with Crippen LogP contribution in [0.1, 0.15) is 22.4 Å². The molecule has 2 N–H and O–H groups in total. The third-order valence-electron chi connectivity index (χ3n) is 3.17. The number of carbonyl (C=O) groups is 1. The number of hydrogen-bond donors (Lipinski definition) is 2. The van der Waals surface area contributed by atoms with E-state index in [1.54, 1.807) is 0 Å². The molecule has 100 valence electrons. The number of rotatable bonds is 3. The lowest BCUT2D eigenvalue weighted by atomic mass is 9.97. The normalized spacial score (nSPS) is 10.7. The molecule has 1 heterocycles. The third-order valence-corrected chi connectivity index (χ3v) is 3.55. The molecule has 19 heavy (non-hydrogen) atoms. The number of aryl methyl sites for hydroxylation is 3. The number of carboxylic acid groups (broad SMARTS) is 1. The van der Waals surface area contributed by atoms with Crippen LogP contribution in [0, 0.1) is 20.8 Å². The molecule has 2 rings (SSSR count). The highest BCUT2D eigenvalue weighted by atomic mass is 79.9. The molecular formula is C14H15BrN2O2. The molecule has 0 aliphatic heterocycles. The number of nitrogens with one attached hydrogen (secondary N) is 1. The van der Waals surface area contributed by atoms with Crippen LogP contribution in [0.5, 0.6) is 0 Å². The van der Waals surface area contributed by atoms with Gasteiger partial charge in [0.15, 0.2) is 4.73 Å². The maximum atomic E-state index is 10.9. The van der Waals surface area contributed by atoms with Crippen molar-refractivity contribution in [3.05, 3.63) is 39.3 Å². The second-order valence-corrected chi connectivity index (χ2v) is 5.43. The second kappa shape index (κ2) is 5.17. The summed E-state index contributed by atoms with van der Waals surface area (Å²) in [6, 6.07) is 4.15. The van der Waals surface area contributed by atoms with Crippen molar-refractivity contribution in [3.63, 3.8) is 0 Å². The summed E-state index contributed by atoms with van der Waals surface area (Å²) in [5, 5.41) is 8.95. The third kappa shape index (κ3) is 2.87. The summed E-state index contributed by atoms with van der Waals surface area (Å²) in [6.45, 7) is 6.11. The first-order valence-electron chi connectivity index (χ1n) is 5.93. The number of aromatic amines is 1. The van der Waals surface area contributed by atoms with E-state index >= 15 is 0 Å². The minimum atomic E-state index is -0.876. The molecule has 1 aromatic carbocycles. The van der Waals surface area contributed by atoms with Gasteiger partial charge in [-0.15, -0.1) is 0 Å². The Labute approximate surface area is 120 Å². The van der Waals surface area contributed by atoms with Crippen molar-refractivity contribution in [2.75, 3.05) is 0 Å². The molecule has 0 atom stereocenters. The monoisotopic (exact) mass is 322 g/mol. The first-order chi connectivity index (χ1) is 8.88. The molecule has 2 aromatic rings. The van der Waals surface area contributed by atoms with Gasteiger partial charge in [-0.25, -0.2) is 4.98 Å². The molecule has 0 amide bonds. The van der Waals surface area contributed by atoms with Crippen LogP contribution in [0.4, 0.5) is 0 Å². The Balaban J connectivity index is 2.58. The van der Waals surface area contributed by atoms with Gasteiger partial charge >= 0.3 is 5.97 Å². The number of nitrogens with zero attached hydrogens (tertiary/aromatic N) is 1. The van der Waals surface area contributed by atoms with Gasteiger partial charge < -0.3 is 10.1 Å². The van der Waals surface area contributed by atoms with E-state index in [0.717, 1.165) is 11.1 Å². The number of aromatic nitrogens is 2. The summed E-state index contributed by atoms with van der Waals surface area (Å²) >= 11 is 3.27. The average Bonchev–Trinajstić information content (AvgIpc) is 2.63. The smallest absolute Gasteiger partial charge is 0.309 e. The van der Waals surface area contributed by atoms with Crippen molar-refractivity contribution in [1.82, 2.24) is 9.97 Å². The Bertz CT molecular complexity index is 647. The van der Waals surface area contributed by atoms with Crippen molar-refractivity contribution < 1.29 is 9.90 Å². The van der Waals surface area contributed by atoms with Gasteiger partial charge in [-0.1, -0.05) is 6.07 Å². The lowest BCUT2D eigenvalue weighted by Gasteiger charge is -2.09. The molecular weight excluding hydrogens is 308 g/mol. The standard InChI is InChI=1S/C14H15BrN2O2/c1-7-4-9(3)10(5-8(7)2)13-11(6-12(18)19)16-14(15)17-13/h4-5H,6H2,1-3H3,(H,16,17)(H,18,19). The zero-order valence-electron chi connectivity index (χ0n) is 11.0. The summed E-state index contributed by atoms with van der Waals surface area (Å²) in [7, 11) is 0. The highest BCUT2D eigenvalue weighted by Crippen LogP contribution is 2.29. The van der Waals surface area contributed by atoms with E-state index in [1.807, 2.05) is 13.8 Å². The SMILES string of the molecule is Cc1cc(C)c(-c2nc(Br)[nH]c2CC(=O)O)cc1C. The van der Waals surface area contributed by atoms with Crippen LogP contribution in [0.3, 0.4) is 0 Å². The van der Waals surface area contributed by atoms with Gasteiger partial charge in [0.05, 0.1) is 17.8 Å². The number of hydrogen-bond acceptors (Lipinski definition) is 2. The topological polar surface area (TPSA) is 66.0 Å². The van der Waals surface area contributed by atoms with Gasteiger partial charge in [-0.3, -0.25) is 4.79 Å². The van der Waals surface area contributed by atoms with Crippen molar-refractivity contribution in [2.45, 2.75) is 27.2 Å². The quantitative estimate of drug-likeness (QED) is 0.910. The van der Waals surface area contributed by atoms with Gasteiger partial charge in [0.2, 0.25) is 0 Å². The summed E-state index contributed by atoms with van der Waals surface area (Å²) in [5.41, 5.74) is 5.77. The van der Waals surface area contributed by atoms with Crippen LogP contribution >= 0.6 is 15.9 Å². The molecule has 0 aliphatic carbocycles. The Morgan fingerprint density at radius 1 is 1.26 bits per heavy atom. The zero-order valence-corrected chi connectivity index (χ0v) is 12.6. The largest absolute Gasteiger partial charge is 0.481 e. The second-order valence-electron chi connectivity index (χ2n) is 4.68. The number of halogens is 1. The Hall–Kier alpha value is -1.62. The van der Waals surface area contributed by atoms with Crippen molar-refractivity contribution >= 4 is 21.9 Å². The number of benzene rings is 1. The molecule has 0 fully saturated rings. The summed E-state index contributed by atoms with van der Waals surface area (Å²) in [4.78, 5) is 18.2. The highest BCUT2D eigenvalue weighted by molar-refractivity contribution is 9.10. The predicted octanol–water partition coefficient (Wildman–Crippen LogP) is 3.39. The Morgan fingerprint density at radius 2 is 1.89 bits per heavy atom. The maximum Gasteiger partial charge on any atom is 0.309 e. The number of H-pyrrole nitrogens is 1.